The molecule has 0 bridgehead atoms. The second kappa shape index (κ2) is 8.58. The van der Waals surface area contributed by atoms with Crippen LogP contribution in [0.3, 0.4) is 0 Å². The first kappa shape index (κ1) is 20.4. The molecule has 2 aromatic heterocycles. The molecule has 2 N–H and O–H groups in total. The number of nitrogens with one attached hydrogen (secondary N) is 2. The maximum absolute atomic E-state index is 13.0. The van der Waals surface area contributed by atoms with Crippen molar-refractivity contribution in [3.63, 3.8) is 0 Å². The van der Waals surface area contributed by atoms with Gasteiger partial charge in [0.25, 0.3) is 11.8 Å². The van der Waals surface area contributed by atoms with Crippen molar-refractivity contribution in [2.75, 3.05) is 11.4 Å². The molecule has 5 rings (SSSR count). The third kappa shape index (κ3) is 4.06. The first-order valence-electron chi connectivity index (χ1n) is 10.5. The van der Waals surface area contributed by atoms with E-state index in [2.05, 4.69) is 15.8 Å². The number of hydrogen-bond acceptors (Lipinski definition) is 5. The van der Waals surface area contributed by atoms with Crippen LogP contribution in [0.2, 0.25) is 0 Å². The topological polar surface area (TPSA) is 105 Å². The van der Waals surface area contributed by atoms with Crippen molar-refractivity contribution < 1.29 is 18.8 Å². The zero-order chi connectivity index (χ0) is 22.8. The second-order valence-electron chi connectivity index (χ2n) is 7.65. The number of carbonyl (C=O) groups excluding carboxylic acids is 3. The average Bonchev–Trinajstić information content (AvgIpc) is 3.54. The smallest absolute Gasteiger partial charge is 0.270 e. The minimum atomic E-state index is -0.478. The van der Waals surface area contributed by atoms with E-state index in [4.69, 9.17) is 4.42 Å². The van der Waals surface area contributed by atoms with Gasteiger partial charge < -0.3 is 9.32 Å². The van der Waals surface area contributed by atoms with Crippen LogP contribution in [0.4, 0.5) is 5.69 Å². The molecule has 1 saturated heterocycles. The van der Waals surface area contributed by atoms with E-state index >= 15 is 0 Å². The molecule has 0 spiro atoms. The van der Waals surface area contributed by atoms with E-state index in [9.17, 15) is 14.4 Å². The number of furan rings is 1. The Balaban J connectivity index is 1.33. The summed E-state index contributed by atoms with van der Waals surface area (Å²) in [6.07, 6.45) is 2.91. The number of nitrogens with zero attached hydrogens (tertiary/aromatic N) is 2. The van der Waals surface area contributed by atoms with Gasteiger partial charge >= 0.3 is 0 Å². The number of rotatable bonds is 4. The van der Waals surface area contributed by atoms with Crippen molar-refractivity contribution in [1.29, 1.82) is 0 Å². The Bertz CT molecular complexity index is 1350. The molecular formula is C25H20N4O4. The van der Waals surface area contributed by atoms with Crippen LogP contribution in [0.5, 0.6) is 0 Å². The zero-order valence-electron chi connectivity index (χ0n) is 17.6. The lowest BCUT2D eigenvalue weighted by Crippen LogP contribution is -2.41. The highest BCUT2D eigenvalue weighted by Crippen LogP contribution is 2.25. The van der Waals surface area contributed by atoms with E-state index in [1.54, 1.807) is 53.4 Å². The summed E-state index contributed by atoms with van der Waals surface area (Å²) in [5.74, 6) is -0.324. The van der Waals surface area contributed by atoms with Gasteiger partial charge in [0, 0.05) is 29.6 Å². The Kier molecular flexibility index (Phi) is 5.32. The van der Waals surface area contributed by atoms with Crippen molar-refractivity contribution in [2.45, 2.75) is 12.8 Å². The molecule has 8 nitrogen and oxygen atoms in total. The summed E-state index contributed by atoms with van der Waals surface area (Å²) >= 11 is 0. The van der Waals surface area contributed by atoms with Crippen molar-refractivity contribution in [1.82, 2.24) is 15.8 Å². The molecule has 0 unspecified atom stereocenters. The number of hydrazine groups is 1. The predicted molar refractivity (Wildman–Crippen MR) is 122 cm³/mol. The molecule has 4 aromatic rings. The van der Waals surface area contributed by atoms with Crippen molar-refractivity contribution in [3.8, 4) is 11.5 Å². The SMILES string of the molecule is O=C(NNC(=O)c1cc(-c2ccco2)nc2ccccc12)c1ccc(N2CCCC2=O)cc1. The normalized spacial score (nSPS) is 13.3. The molecule has 164 valence electrons. The van der Waals surface area contributed by atoms with Crippen molar-refractivity contribution in [3.05, 3.63) is 84.1 Å². The minimum absolute atomic E-state index is 0.0814. The highest BCUT2D eigenvalue weighted by Gasteiger charge is 2.22. The molecule has 2 aromatic carbocycles. The molecule has 0 radical (unpaired) electrons. The molecule has 3 heterocycles. The van der Waals surface area contributed by atoms with E-state index in [-0.39, 0.29) is 5.91 Å². The number of carbonyl (C=O) groups is 3. The number of benzene rings is 2. The number of pyridine rings is 1. The van der Waals surface area contributed by atoms with Crippen LogP contribution in [-0.4, -0.2) is 29.3 Å². The molecule has 3 amide bonds. The summed E-state index contributed by atoms with van der Waals surface area (Å²) in [5.41, 5.74) is 7.55. The summed E-state index contributed by atoms with van der Waals surface area (Å²) in [7, 11) is 0. The van der Waals surface area contributed by atoms with Crippen LogP contribution in [0.1, 0.15) is 33.6 Å². The molecule has 1 fully saturated rings. The minimum Gasteiger partial charge on any atom is -0.463 e. The Morgan fingerprint density at radius 3 is 2.45 bits per heavy atom. The lowest BCUT2D eigenvalue weighted by molar-refractivity contribution is -0.117. The molecular weight excluding hydrogens is 420 g/mol. The van der Waals surface area contributed by atoms with Gasteiger partial charge in [0.2, 0.25) is 5.91 Å². The lowest BCUT2D eigenvalue weighted by atomic mass is 10.1. The van der Waals surface area contributed by atoms with Gasteiger partial charge in [-0.05, 0) is 55.0 Å². The number of fused-ring (bicyclic) bond motifs is 1. The molecule has 1 aliphatic heterocycles. The predicted octanol–water partition coefficient (Wildman–Crippen LogP) is 3.70. The van der Waals surface area contributed by atoms with Gasteiger partial charge in [-0.15, -0.1) is 0 Å². The van der Waals surface area contributed by atoms with E-state index in [1.807, 2.05) is 18.2 Å². The summed E-state index contributed by atoms with van der Waals surface area (Å²) in [4.78, 5) is 43.7. The van der Waals surface area contributed by atoms with Gasteiger partial charge in [-0.1, -0.05) is 18.2 Å². The molecule has 0 atom stereocenters. The highest BCUT2D eigenvalue weighted by atomic mass is 16.3. The Morgan fingerprint density at radius 1 is 0.939 bits per heavy atom. The zero-order valence-corrected chi connectivity index (χ0v) is 17.6. The molecule has 1 aliphatic rings. The van der Waals surface area contributed by atoms with E-state index in [1.165, 1.54) is 6.26 Å². The monoisotopic (exact) mass is 440 g/mol. The van der Waals surface area contributed by atoms with Gasteiger partial charge in [0.1, 0.15) is 5.69 Å². The maximum atomic E-state index is 13.0. The van der Waals surface area contributed by atoms with Crippen LogP contribution in [0, 0.1) is 0 Å². The quantitative estimate of drug-likeness (QED) is 0.471. The lowest BCUT2D eigenvalue weighted by Gasteiger charge is -2.16. The molecule has 0 aliphatic carbocycles. The molecule has 0 saturated carbocycles. The molecule has 33 heavy (non-hydrogen) atoms. The largest absolute Gasteiger partial charge is 0.463 e. The summed E-state index contributed by atoms with van der Waals surface area (Å²) in [6.45, 7) is 0.681. The summed E-state index contributed by atoms with van der Waals surface area (Å²) in [6, 6.07) is 19.1. The van der Waals surface area contributed by atoms with Crippen molar-refractivity contribution in [2.24, 2.45) is 0 Å². The second-order valence-corrected chi connectivity index (χ2v) is 7.65. The van der Waals surface area contributed by atoms with Crippen LogP contribution >= 0.6 is 0 Å². The Labute approximate surface area is 189 Å². The highest BCUT2D eigenvalue weighted by molar-refractivity contribution is 6.08. The molecule has 8 heteroatoms. The fraction of sp³-hybridized carbons (Fsp3) is 0.120. The average molecular weight is 440 g/mol. The van der Waals surface area contributed by atoms with Gasteiger partial charge in [0.15, 0.2) is 5.76 Å². The maximum Gasteiger partial charge on any atom is 0.270 e. The number of para-hydroxylation sites is 1. The number of aromatic nitrogens is 1. The van der Waals surface area contributed by atoms with Gasteiger partial charge in [-0.3, -0.25) is 25.2 Å². The first-order chi connectivity index (χ1) is 16.1. The first-order valence-corrected chi connectivity index (χ1v) is 10.5. The number of amides is 3. The van der Waals surface area contributed by atoms with Crippen molar-refractivity contribution >= 4 is 34.3 Å². The van der Waals surface area contributed by atoms with Crippen LogP contribution in [-0.2, 0) is 4.79 Å². The fourth-order valence-electron chi connectivity index (χ4n) is 3.88. The Morgan fingerprint density at radius 2 is 1.73 bits per heavy atom. The van der Waals surface area contributed by atoms with Crippen LogP contribution in [0.25, 0.3) is 22.4 Å². The standard InChI is InChI=1S/C25H20N4O4/c30-23-8-3-13-29(23)17-11-9-16(10-12-17)24(31)27-28-25(32)19-15-21(22-7-4-14-33-22)26-20-6-2-1-5-18(19)20/h1-2,4-7,9-12,14-15H,3,8,13H2,(H,27,31)(H,28,32). The van der Waals surface area contributed by atoms with Crippen LogP contribution < -0.4 is 15.8 Å². The van der Waals surface area contributed by atoms with Gasteiger partial charge in [-0.2, -0.15) is 0 Å². The van der Waals surface area contributed by atoms with E-state index in [0.29, 0.717) is 46.4 Å². The Hall–Kier alpha value is -4.46. The van der Waals surface area contributed by atoms with E-state index < -0.39 is 11.8 Å². The summed E-state index contributed by atoms with van der Waals surface area (Å²) < 4.78 is 5.42. The third-order valence-electron chi connectivity index (χ3n) is 5.54. The van der Waals surface area contributed by atoms with Crippen LogP contribution in [0.15, 0.2) is 77.4 Å². The van der Waals surface area contributed by atoms with Gasteiger partial charge in [0.05, 0.1) is 17.3 Å². The van der Waals surface area contributed by atoms with E-state index in [0.717, 1.165) is 12.1 Å². The third-order valence-corrected chi connectivity index (χ3v) is 5.54. The number of anilines is 1. The fourth-order valence-corrected chi connectivity index (χ4v) is 3.88. The van der Waals surface area contributed by atoms with Gasteiger partial charge in [-0.25, -0.2) is 4.98 Å². The summed E-state index contributed by atoms with van der Waals surface area (Å²) in [5, 5.41) is 0.652. The number of hydrogen-bond donors (Lipinski definition) is 2.